The molecule has 1 atom stereocenters. The van der Waals surface area contributed by atoms with Crippen LogP contribution in [0.25, 0.3) is 0 Å². The van der Waals surface area contributed by atoms with Gasteiger partial charge >= 0.3 is 5.97 Å². The molecule has 0 amide bonds. The first kappa shape index (κ1) is 13.0. The molecule has 0 aromatic heterocycles. The Bertz CT molecular complexity index is 388. The standard InChI is InChI=1S/C14H18FNO2/c15-13(14(17)18)12-6-8-16(9-7-12)10-11-4-2-1-3-5-11/h1-5,12-13H,6-10H2,(H,17,18). The lowest BCUT2D eigenvalue weighted by atomic mass is 9.92. The van der Waals surface area contributed by atoms with Crippen LogP contribution in [0.3, 0.4) is 0 Å². The van der Waals surface area contributed by atoms with Crippen LogP contribution in [-0.2, 0) is 11.3 Å². The normalized spacial score (nSPS) is 19.6. The van der Waals surface area contributed by atoms with Crippen LogP contribution in [0.2, 0.25) is 0 Å². The van der Waals surface area contributed by atoms with Crippen LogP contribution < -0.4 is 0 Å². The number of hydrogen-bond acceptors (Lipinski definition) is 2. The Morgan fingerprint density at radius 1 is 1.33 bits per heavy atom. The lowest BCUT2D eigenvalue weighted by Gasteiger charge is -2.32. The van der Waals surface area contributed by atoms with Gasteiger partial charge in [0, 0.05) is 12.5 Å². The fraction of sp³-hybridized carbons (Fsp3) is 0.500. The third kappa shape index (κ3) is 3.29. The van der Waals surface area contributed by atoms with Crippen molar-refractivity contribution in [3.63, 3.8) is 0 Å². The van der Waals surface area contributed by atoms with Crippen molar-refractivity contribution in [3.05, 3.63) is 35.9 Å². The van der Waals surface area contributed by atoms with Gasteiger partial charge in [0.05, 0.1) is 0 Å². The van der Waals surface area contributed by atoms with E-state index >= 15 is 0 Å². The van der Waals surface area contributed by atoms with E-state index in [1.165, 1.54) is 5.56 Å². The molecular formula is C14H18FNO2. The second kappa shape index (κ2) is 5.96. The summed E-state index contributed by atoms with van der Waals surface area (Å²) in [5.41, 5.74) is 1.24. The van der Waals surface area contributed by atoms with Crippen LogP contribution >= 0.6 is 0 Å². The average molecular weight is 251 g/mol. The van der Waals surface area contributed by atoms with Crippen molar-refractivity contribution in [1.82, 2.24) is 4.90 Å². The number of hydrogen-bond donors (Lipinski definition) is 1. The lowest BCUT2D eigenvalue weighted by molar-refractivity contribution is -0.145. The summed E-state index contributed by atoms with van der Waals surface area (Å²) in [4.78, 5) is 12.8. The highest BCUT2D eigenvalue weighted by atomic mass is 19.1. The van der Waals surface area contributed by atoms with Gasteiger partial charge in [-0.25, -0.2) is 9.18 Å². The van der Waals surface area contributed by atoms with Gasteiger partial charge in [0.1, 0.15) is 0 Å². The van der Waals surface area contributed by atoms with Gasteiger partial charge in [-0.2, -0.15) is 0 Å². The Labute approximate surface area is 106 Å². The van der Waals surface area contributed by atoms with E-state index in [0.717, 1.165) is 19.6 Å². The Kier molecular flexibility index (Phi) is 4.31. The van der Waals surface area contributed by atoms with Crippen LogP contribution in [0.4, 0.5) is 4.39 Å². The summed E-state index contributed by atoms with van der Waals surface area (Å²) < 4.78 is 13.3. The molecule has 0 spiro atoms. The minimum Gasteiger partial charge on any atom is -0.479 e. The molecule has 0 bridgehead atoms. The number of carboxylic acids is 1. The maximum Gasteiger partial charge on any atom is 0.338 e. The van der Waals surface area contributed by atoms with Crippen molar-refractivity contribution in [2.24, 2.45) is 5.92 Å². The van der Waals surface area contributed by atoms with Gasteiger partial charge in [-0.1, -0.05) is 30.3 Å². The Morgan fingerprint density at radius 3 is 2.50 bits per heavy atom. The molecule has 1 heterocycles. The smallest absolute Gasteiger partial charge is 0.338 e. The number of carboxylic acid groups (broad SMARTS) is 1. The second-order valence-corrected chi connectivity index (χ2v) is 4.84. The predicted octanol–water partition coefficient (Wildman–Crippen LogP) is 2.32. The number of carbonyl (C=O) groups is 1. The third-order valence-corrected chi connectivity index (χ3v) is 3.53. The molecular weight excluding hydrogens is 233 g/mol. The number of nitrogens with zero attached hydrogens (tertiary/aromatic N) is 1. The Hall–Kier alpha value is -1.42. The van der Waals surface area contributed by atoms with Gasteiger partial charge < -0.3 is 5.11 Å². The van der Waals surface area contributed by atoms with Crippen molar-refractivity contribution >= 4 is 5.97 Å². The first-order valence-corrected chi connectivity index (χ1v) is 6.30. The maximum absolute atomic E-state index is 13.3. The minimum absolute atomic E-state index is 0.325. The highest BCUT2D eigenvalue weighted by Gasteiger charge is 2.30. The summed E-state index contributed by atoms with van der Waals surface area (Å²) in [6.07, 6.45) is -0.454. The molecule has 18 heavy (non-hydrogen) atoms. The number of piperidine rings is 1. The zero-order valence-corrected chi connectivity index (χ0v) is 10.3. The summed E-state index contributed by atoms with van der Waals surface area (Å²) in [6, 6.07) is 10.1. The van der Waals surface area contributed by atoms with Gasteiger partial charge in [-0.15, -0.1) is 0 Å². The van der Waals surface area contributed by atoms with E-state index in [-0.39, 0.29) is 5.92 Å². The summed E-state index contributed by atoms with van der Waals surface area (Å²) in [5, 5.41) is 8.65. The Morgan fingerprint density at radius 2 is 1.94 bits per heavy atom. The Balaban J connectivity index is 1.82. The summed E-state index contributed by atoms with van der Waals surface area (Å²) in [5.74, 6) is -1.65. The molecule has 4 heteroatoms. The van der Waals surface area contributed by atoms with E-state index in [9.17, 15) is 9.18 Å². The molecule has 1 N–H and O–H groups in total. The average Bonchev–Trinajstić information content (AvgIpc) is 2.40. The summed E-state index contributed by atoms with van der Waals surface area (Å²) in [6.45, 7) is 2.40. The van der Waals surface area contributed by atoms with Gasteiger partial charge in [0.15, 0.2) is 6.17 Å². The third-order valence-electron chi connectivity index (χ3n) is 3.53. The maximum atomic E-state index is 13.3. The van der Waals surface area contributed by atoms with Crippen LogP contribution in [0.5, 0.6) is 0 Å². The fourth-order valence-electron chi connectivity index (χ4n) is 2.45. The largest absolute Gasteiger partial charge is 0.479 e. The number of likely N-dealkylation sites (tertiary alicyclic amines) is 1. The molecule has 3 nitrogen and oxygen atoms in total. The molecule has 1 aliphatic rings. The van der Waals surface area contributed by atoms with Crippen LogP contribution in [-0.4, -0.2) is 35.2 Å². The van der Waals surface area contributed by atoms with Crippen molar-refractivity contribution in [2.75, 3.05) is 13.1 Å². The second-order valence-electron chi connectivity index (χ2n) is 4.84. The molecule has 98 valence electrons. The number of alkyl halides is 1. The van der Waals surface area contributed by atoms with Gasteiger partial charge in [-0.05, 0) is 31.5 Å². The van der Waals surface area contributed by atoms with Gasteiger partial charge in [0.2, 0.25) is 0 Å². The number of aliphatic carboxylic acids is 1. The van der Waals surface area contributed by atoms with E-state index in [0.29, 0.717) is 12.8 Å². The van der Waals surface area contributed by atoms with E-state index < -0.39 is 12.1 Å². The molecule has 0 saturated carbocycles. The monoisotopic (exact) mass is 251 g/mol. The van der Waals surface area contributed by atoms with Crippen molar-refractivity contribution in [2.45, 2.75) is 25.6 Å². The van der Waals surface area contributed by atoms with Crippen molar-refractivity contribution in [3.8, 4) is 0 Å². The van der Waals surface area contributed by atoms with Crippen molar-refractivity contribution < 1.29 is 14.3 Å². The highest BCUT2D eigenvalue weighted by molar-refractivity contribution is 5.72. The number of rotatable bonds is 4. The first-order chi connectivity index (χ1) is 8.66. The van der Waals surface area contributed by atoms with E-state index in [1.54, 1.807) is 0 Å². The van der Waals surface area contributed by atoms with Crippen molar-refractivity contribution in [1.29, 1.82) is 0 Å². The fourth-order valence-corrected chi connectivity index (χ4v) is 2.45. The van der Waals surface area contributed by atoms with Crippen LogP contribution in [0.15, 0.2) is 30.3 Å². The van der Waals surface area contributed by atoms with E-state index in [2.05, 4.69) is 17.0 Å². The molecule has 1 unspecified atom stereocenters. The highest BCUT2D eigenvalue weighted by Crippen LogP contribution is 2.24. The molecule has 0 radical (unpaired) electrons. The molecule has 1 saturated heterocycles. The molecule has 1 aromatic carbocycles. The molecule has 1 fully saturated rings. The van der Waals surface area contributed by atoms with Crippen LogP contribution in [0.1, 0.15) is 18.4 Å². The van der Waals surface area contributed by atoms with Crippen LogP contribution in [0, 0.1) is 5.92 Å². The quantitative estimate of drug-likeness (QED) is 0.892. The van der Waals surface area contributed by atoms with E-state index in [1.807, 2.05) is 18.2 Å². The SMILES string of the molecule is O=C(O)C(F)C1CCN(Cc2ccccc2)CC1. The van der Waals surface area contributed by atoms with E-state index in [4.69, 9.17) is 5.11 Å². The zero-order chi connectivity index (χ0) is 13.0. The topological polar surface area (TPSA) is 40.5 Å². The molecule has 0 aliphatic carbocycles. The molecule has 1 aromatic rings. The summed E-state index contributed by atoms with van der Waals surface area (Å²) in [7, 11) is 0. The number of benzene rings is 1. The number of halogens is 1. The first-order valence-electron chi connectivity index (χ1n) is 6.30. The minimum atomic E-state index is -1.70. The lowest BCUT2D eigenvalue weighted by Crippen LogP contribution is -2.38. The zero-order valence-electron chi connectivity index (χ0n) is 10.3. The van der Waals surface area contributed by atoms with Gasteiger partial charge in [-0.3, -0.25) is 4.90 Å². The predicted molar refractivity (Wildman–Crippen MR) is 67.0 cm³/mol. The van der Waals surface area contributed by atoms with Gasteiger partial charge in [0.25, 0.3) is 0 Å². The summed E-state index contributed by atoms with van der Waals surface area (Å²) >= 11 is 0. The molecule has 1 aliphatic heterocycles. The molecule has 2 rings (SSSR count).